The van der Waals surface area contributed by atoms with Crippen molar-refractivity contribution >= 4 is 15.9 Å². The standard InChI is InChI=1S/C13H19FN2O3S/c1-8-5-9(20(15,18)19)6-10(11(8)14)12(17)16-7-13(2,3)4/h5-6H,7H2,1-4H3,(H,16,17)(H2,15,18,19). The molecule has 0 atom stereocenters. The second kappa shape index (κ2) is 5.49. The largest absolute Gasteiger partial charge is 0.351 e. The van der Waals surface area contributed by atoms with E-state index in [1.807, 2.05) is 20.8 Å². The van der Waals surface area contributed by atoms with E-state index < -0.39 is 21.7 Å². The van der Waals surface area contributed by atoms with E-state index in [2.05, 4.69) is 5.32 Å². The molecule has 0 aromatic heterocycles. The van der Waals surface area contributed by atoms with Gasteiger partial charge < -0.3 is 5.32 Å². The first-order valence-electron chi connectivity index (χ1n) is 6.03. The number of carbonyl (C=O) groups is 1. The van der Waals surface area contributed by atoms with E-state index in [1.165, 1.54) is 6.92 Å². The van der Waals surface area contributed by atoms with Crippen LogP contribution >= 0.6 is 0 Å². The van der Waals surface area contributed by atoms with Crippen LogP contribution in [0.15, 0.2) is 17.0 Å². The molecule has 0 radical (unpaired) electrons. The van der Waals surface area contributed by atoms with Gasteiger partial charge in [-0.1, -0.05) is 20.8 Å². The lowest BCUT2D eigenvalue weighted by molar-refractivity contribution is 0.0935. The summed E-state index contributed by atoms with van der Waals surface area (Å²) in [5, 5.41) is 7.58. The summed E-state index contributed by atoms with van der Waals surface area (Å²) in [7, 11) is -3.99. The minimum Gasteiger partial charge on any atom is -0.351 e. The van der Waals surface area contributed by atoms with Crippen LogP contribution in [-0.2, 0) is 10.0 Å². The molecule has 0 saturated heterocycles. The highest BCUT2D eigenvalue weighted by Crippen LogP contribution is 2.19. The third-order valence-corrected chi connectivity index (χ3v) is 3.47. The quantitative estimate of drug-likeness (QED) is 0.888. The topological polar surface area (TPSA) is 89.3 Å². The van der Waals surface area contributed by atoms with Crippen LogP contribution in [-0.4, -0.2) is 20.9 Å². The Morgan fingerprint density at radius 1 is 1.35 bits per heavy atom. The van der Waals surface area contributed by atoms with Crippen LogP contribution in [0.5, 0.6) is 0 Å². The number of benzene rings is 1. The van der Waals surface area contributed by atoms with Crippen molar-refractivity contribution in [3.63, 3.8) is 0 Å². The summed E-state index contributed by atoms with van der Waals surface area (Å²) in [6.07, 6.45) is 0. The zero-order valence-electron chi connectivity index (χ0n) is 12.0. The van der Waals surface area contributed by atoms with Crippen LogP contribution in [0.4, 0.5) is 4.39 Å². The Balaban J connectivity index is 3.18. The molecule has 0 heterocycles. The lowest BCUT2D eigenvalue weighted by atomic mass is 9.97. The maximum Gasteiger partial charge on any atom is 0.254 e. The first-order valence-corrected chi connectivity index (χ1v) is 7.57. The van der Waals surface area contributed by atoms with Crippen LogP contribution in [0.3, 0.4) is 0 Å². The number of nitrogens with one attached hydrogen (secondary N) is 1. The van der Waals surface area contributed by atoms with Crippen molar-refractivity contribution in [1.82, 2.24) is 5.32 Å². The van der Waals surface area contributed by atoms with Crippen molar-refractivity contribution in [2.75, 3.05) is 6.54 Å². The van der Waals surface area contributed by atoms with Gasteiger partial charge in [-0.15, -0.1) is 0 Å². The molecule has 1 rings (SSSR count). The Kier molecular flexibility index (Phi) is 4.55. The third-order valence-electron chi connectivity index (χ3n) is 2.58. The van der Waals surface area contributed by atoms with E-state index in [1.54, 1.807) is 0 Å². The first-order chi connectivity index (χ1) is 8.92. The number of aryl methyl sites for hydroxylation is 1. The zero-order valence-corrected chi connectivity index (χ0v) is 12.8. The smallest absolute Gasteiger partial charge is 0.254 e. The molecule has 0 aliphatic carbocycles. The Morgan fingerprint density at radius 3 is 2.35 bits per heavy atom. The van der Waals surface area contributed by atoms with E-state index in [0.717, 1.165) is 12.1 Å². The van der Waals surface area contributed by atoms with Crippen LogP contribution in [0.1, 0.15) is 36.7 Å². The SMILES string of the molecule is Cc1cc(S(N)(=O)=O)cc(C(=O)NCC(C)(C)C)c1F. The minimum atomic E-state index is -3.99. The molecule has 0 bridgehead atoms. The molecule has 0 fully saturated rings. The number of carbonyl (C=O) groups excluding carboxylic acids is 1. The molecule has 0 unspecified atom stereocenters. The van der Waals surface area contributed by atoms with Crippen LogP contribution in [0.2, 0.25) is 0 Å². The van der Waals surface area contributed by atoms with E-state index in [0.29, 0.717) is 6.54 Å². The number of primary sulfonamides is 1. The average Bonchev–Trinajstić information content (AvgIpc) is 2.27. The van der Waals surface area contributed by atoms with E-state index in [9.17, 15) is 17.6 Å². The molecule has 1 aromatic carbocycles. The third kappa shape index (κ3) is 4.28. The maximum atomic E-state index is 13.9. The van der Waals surface area contributed by atoms with Gasteiger partial charge in [0.25, 0.3) is 5.91 Å². The van der Waals surface area contributed by atoms with Gasteiger partial charge in [-0.3, -0.25) is 4.79 Å². The molecule has 0 aliphatic heterocycles. The second-order valence-corrected chi connectivity index (χ2v) is 7.45. The van der Waals surface area contributed by atoms with Crippen molar-refractivity contribution < 1.29 is 17.6 Å². The summed E-state index contributed by atoms with van der Waals surface area (Å²) >= 11 is 0. The van der Waals surface area contributed by atoms with Crippen LogP contribution < -0.4 is 10.5 Å². The summed E-state index contributed by atoms with van der Waals surface area (Å²) in [6, 6.07) is 2.06. The highest BCUT2D eigenvalue weighted by atomic mass is 32.2. The minimum absolute atomic E-state index is 0.0532. The van der Waals surface area contributed by atoms with Gasteiger partial charge in [0, 0.05) is 6.54 Å². The van der Waals surface area contributed by atoms with Gasteiger partial charge in [0.15, 0.2) is 0 Å². The van der Waals surface area contributed by atoms with E-state index >= 15 is 0 Å². The molecular formula is C13H19FN2O3S. The molecule has 20 heavy (non-hydrogen) atoms. The van der Waals surface area contributed by atoms with Gasteiger partial charge in [-0.2, -0.15) is 0 Å². The lowest BCUT2D eigenvalue weighted by Gasteiger charge is -2.19. The number of hydrogen-bond acceptors (Lipinski definition) is 3. The van der Waals surface area contributed by atoms with Crippen molar-refractivity contribution in [3.05, 3.63) is 29.1 Å². The summed E-state index contributed by atoms with van der Waals surface area (Å²) in [5.74, 6) is -1.41. The van der Waals surface area contributed by atoms with Gasteiger partial charge >= 0.3 is 0 Å². The molecule has 0 spiro atoms. The van der Waals surface area contributed by atoms with Gasteiger partial charge in [0.05, 0.1) is 10.5 Å². The number of rotatable bonds is 3. The molecule has 3 N–H and O–H groups in total. The second-order valence-electron chi connectivity index (χ2n) is 5.89. The normalized spacial score (nSPS) is 12.3. The molecule has 1 amide bonds. The fraction of sp³-hybridized carbons (Fsp3) is 0.462. The number of halogens is 1. The van der Waals surface area contributed by atoms with Crippen molar-refractivity contribution in [1.29, 1.82) is 0 Å². The Morgan fingerprint density at radius 2 is 1.90 bits per heavy atom. The highest BCUT2D eigenvalue weighted by molar-refractivity contribution is 7.89. The molecule has 0 aliphatic rings. The summed E-state index contributed by atoms with van der Waals surface area (Å²) in [5.41, 5.74) is -0.436. The van der Waals surface area contributed by atoms with Gasteiger partial charge in [-0.25, -0.2) is 17.9 Å². The van der Waals surface area contributed by atoms with Crippen LogP contribution in [0, 0.1) is 18.2 Å². The fourth-order valence-electron chi connectivity index (χ4n) is 1.51. The molecular weight excluding hydrogens is 283 g/mol. The molecule has 112 valence electrons. The van der Waals surface area contributed by atoms with Gasteiger partial charge in [0.1, 0.15) is 5.82 Å². The van der Waals surface area contributed by atoms with Crippen molar-refractivity contribution in [2.24, 2.45) is 10.6 Å². The van der Waals surface area contributed by atoms with Crippen molar-refractivity contribution in [2.45, 2.75) is 32.6 Å². The predicted octanol–water partition coefficient (Wildman–Crippen LogP) is 1.56. The monoisotopic (exact) mass is 302 g/mol. The predicted molar refractivity (Wildman–Crippen MR) is 74.3 cm³/mol. The summed E-state index contributed by atoms with van der Waals surface area (Å²) in [6.45, 7) is 7.45. The number of hydrogen-bond donors (Lipinski definition) is 2. The van der Waals surface area contributed by atoms with E-state index in [4.69, 9.17) is 5.14 Å². The summed E-state index contributed by atoms with van der Waals surface area (Å²) in [4.78, 5) is 11.7. The number of sulfonamides is 1. The highest BCUT2D eigenvalue weighted by Gasteiger charge is 2.20. The molecule has 5 nitrogen and oxygen atoms in total. The zero-order chi connectivity index (χ0) is 15.7. The summed E-state index contributed by atoms with van der Waals surface area (Å²) < 4.78 is 36.6. The fourth-order valence-corrected chi connectivity index (χ4v) is 2.13. The Labute approximate surface area is 118 Å². The van der Waals surface area contributed by atoms with E-state index in [-0.39, 0.29) is 21.4 Å². The van der Waals surface area contributed by atoms with Gasteiger partial charge in [0.2, 0.25) is 10.0 Å². The first kappa shape index (κ1) is 16.6. The molecule has 7 heteroatoms. The lowest BCUT2D eigenvalue weighted by Crippen LogP contribution is -2.33. The molecule has 1 aromatic rings. The Bertz CT molecular complexity index is 634. The molecule has 0 saturated carbocycles. The number of nitrogens with two attached hydrogens (primary N) is 1. The Hall–Kier alpha value is -1.47. The number of amides is 1. The van der Waals surface area contributed by atoms with Crippen LogP contribution in [0.25, 0.3) is 0 Å². The van der Waals surface area contributed by atoms with Crippen molar-refractivity contribution in [3.8, 4) is 0 Å². The average molecular weight is 302 g/mol. The maximum absolute atomic E-state index is 13.9. The van der Waals surface area contributed by atoms with Gasteiger partial charge in [-0.05, 0) is 30.0 Å².